The van der Waals surface area contributed by atoms with E-state index in [9.17, 15) is 4.39 Å². The fourth-order valence-electron chi connectivity index (χ4n) is 3.72. The average molecular weight is 440 g/mol. The zero-order valence-electron chi connectivity index (χ0n) is 18.5. The minimum atomic E-state index is -0.249. The Morgan fingerprint density at radius 1 is 1.10 bits per heavy atom. The Morgan fingerprint density at radius 2 is 1.90 bits per heavy atom. The molecule has 3 nitrogen and oxygen atoms in total. The van der Waals surface area contributed by atoms with Gasteiger partial charge < -0.3 is 10.2 Å². The van der Waals surface area contributed by atoms with Crippen LogP contribution in [0.1, 0.15) is 44.9 Å². The van der Waals surface area contributed by atoms with E-state index in [4.69, 9.17) is 16.6 Å². The van der Waals surface area contributed by atoms with Crippen LogP contribution in [-0.4, -0.2) is 35.6 Å². The molecule has 0 fully saturated rings. The van der Waals surface area contributed by atoms with E-state index in [0.29, 0.717) is 11.1 Å². The van der Waals surface area contributed by atoms with Crippen molar-refractivity contribution >= 4 is 40.3 Å². The SMILES string of the molecule is CCN(CC)CCCC(C)Nc1cc(/C=C/c2cccc(F)c2)nc2cc(Cl)ccc12. The van der Waals surface area contributed by atoms with E-state index >= 15 is 0 Å². The summed E-state index contributed by atoms with van der Waals surface area (Å²) < 4.78 is 13.5. The maximum absolute atomic E-state index is 13.5. The Morgan fingerprint density at radius 3 is 2.65 bits per heavy atom. The third kappa shape index (κ3) is 6.78. The smallest absolute Gasteiger partial charge is 0.123 e. The lowest BCUT2D eigenvalue weighted by atomic mass is 10.1. The van der Waals surface area contributed by atoms with Crippen LogP contribution >= 0.6 is 11.6 Å². The lowest BCUT2D eigenvalue weighted by molar-refractivity contribution is 0.295. The van der Waals surface area contributed by atoms with E-state index < -0.39 is 0 Å². The van der Waals surface area contributed by atoms with Gasteiger partial charge in [0.15, 0.2) is 0 Å². The first-order valence-corrected chi connectivity index (χ1v) is 11.4. The Hall–Kier alpha value is -2.43. The summed E-state index contributed by atoms with van der Waals surface area (Å²) in [7, 11) is 0. The Kier molecular flexibility index (Phi) is 8.44. The molecule has 0 saturated carbocycles. The van der Waals surface area contributed by atoms with Gasteiger partial charge in [0.2, 0.25) is 0 Å². The normalized spacial score (nSPS) is 12.7. The summed E-state index contributed by atoms with van der Waals surface area (Å²) in [5.74, 6) is -0.249. The number of pyridine rings is 1. The summed E-state index contributed by atoms with van der Waals surface area (Å²) in [6, 6.07) is 14.7. The second-order valence-corrected chi connectivity index (χ2v) is 8.30. The number of rotatable bonds is 10. The quantitative estimate of drug-likeness (QED) is 0.364. The molecule has 0 radical (unpaired) electrons. The highest BCUT2D eigenvalue weighted by Crippen LogP contribution is 2.28. The standard InChI is InChI=1S/C26H31ClFN3/c1-4-31(5-2)15-7-8-19(3)29-26-18-23(13-11-20-9-6-10-22(28)16-20)30-25-17-21(27)12-14-24(25)26/h6,9-14,16-19H,4-5,7-8,15H2,1-3H3,(H,29,30)/b13-11+. The minimum absolute atomic E-state index is 0.249. The van der Waals surface area contributed by atoms with Crippen molar-refractivity contribution in [3.63, 3.8) is 0 Å². The third-order valence-corrected chi connectivity index (χ3v) is 5.73. The summed E-state index contributed by atoms with van der Waals surface area (Å²) in [5.41, 5.74) is 3.48. The summed E-state index contributed by atoms with van der Waals surface area (Å²) in [6.07, 6.45) is 6.02. The molecule has 0 aliphatic carbocycles. The number of aromatic nitrogens is 1. The van der Waals surface area contributed by atoms with E-state index in [0.717, 1.165) is 60.3 Å². The van der Waals surface area contributed by atoms with Crippen LogP contribution in [0.5, 0.6) is 0 Å². The zero-order valence-corrected chi connectivity index (χ0v) is 19.3. The molecule has 1 unspecified atom stereocenters. The van der Waals surface area contributed by atoms with E-state index in [-0.39, 0.29) is 5.82 Å². The van der Waals surface area contributed by atoms with Gasteiger partial charge in [0.05, 0.1) is 11.2 Å². The number of fused-ring (bicyclic) bond motifs is 1. The molecule has 0 aliphatic rings. The topological polar surface area (TPSA) is 28.2 Å². The van der Waals surface area contributed by atoms with Crippen LogP contribution < -0.4 is 5.32 Å². The van der Waals surface area contributed by atoms with Crippen molar-refractivity contribution < 1.29 is 4.39 Å². The number of nitrogens with one attached hydrogen (secondary N) is 1. The molecular formula is C26H31ClFN3. The first-order valence-electron chi connectivity index (χ1n) is 11.0. The van der Waals surface area contributed by atoms with Crippen molar-refractivity contribution in [2.24, 2.45) is 0 Å². The summed E-state index contributed by atoms with van der Waals surface area (Å²) in [4.78, 5) is 7.19. The van der Waals surface area contributed by atoms with Crippen LogP contribution in [0.2, 0.25) is 5.02 Å². The van der Waals surface area contributed by atoms with Crippen LogP contribution in [0, 0.1) is 5.82 Å². The predicted molar refractivity (Wildman–Crippen MR) is 132 cm³/mol. The van der Waals surface area contributed by atoms with Crippen LogP contribution in [0.25, 0.3) is 23.1 Å². The molecule has 1 atom stereocenters. The number of benzene rings is 2. The maximum Gasteiger partial charge on any atom is 0.123 e. The van der Waals surface area contributed by atoms with Gasteiger partial charge in [-0.25, -0.2) is 9.37 Å². The van der Waals surface area contributed by atoms with Gasteiger partial charge in [0, 0.05) is 22.1 Å². The molecule has 1 N–H and O–H groups in total. The van der Waals surface area contributed by atoms with Gasteiger partial charge >= 0.3 is 0 Å². The number of nitrogens with zero attached hydrogens (tertiary/aromatic N) is 2. The highest BCUT2D eigenvalue weighted by molar-refractivity contribution is 6.31. The number of hydrogen-bond donors (Lipinski definition) is 1. The molecule has 1 heterocycles. The van der Waals surface area contributed by atoms with Gasteiger partial charge in [-0.1, -0.05) is 43.7 Å². The first kappa shape index (κ1) is 23.2. The molecule has 164 valence electrons. The van der Waals surface area contributed by atoms with Crippen LogP contribution in [0.15, 0.2) is 48.5 Å². The Bertz CT molecular complexity index is 1030. The summed E-state index contributed by atoms with van der Waals surface area (Å²) in [6.45, 7) is 9.93. The highest BCUT2D eigenvalue weighted by Gasteiger charge is 2.10. The van der Waals surface area contributed by atoms with Crippen LogP contribution in [0.3, 0.4) is 0 Å². The number of halogens is 2. The molecule has 5 heteroatoms. The van der Waals surface area contributed by atoms with Gasteiger partial charge in [0.1, 0.15) is 5.82 Å². The van der Waals surface area contributed by atoms with E-state index in [1.54, 1.807) is 6.07 Å². The lowest BCUT2D eigenvalue weighted by Crippen LogP contribution is -2.25. The molecule has 1 aromatic heterocycles. The molecule has 0 spiro atoms. The molecular weight excluding hydrogens is 409 g/mol. The van der Waals surface area contributed by atoms with Crippen molar-refractivity contribution in [2.45, 2.75) is 39.7 Å². The van der Waals surface area contributed by atoms with Gasteiger partial charge in [-0.3, -0.25) is 0 Å². The third-order valence-electron chi connectivity index (χ3n) is 5.49. The Labute approximate surface area is 189 Å². The molecule has 3 rings (SSSR count). The first-order chi connectivity index (χ1) is 15.0. The van der Waals surface area contributed by atoms with E-state index in [1.807, 2.05) is 42.5 Å². The Balaban J connectivity index is 1.80. The largest absolute Gasteiger partial charge is 0.382 e. The number of hydrogen-bond acceptors (Lipinski definition) is 3. The van der Waals surface area contributed by atoms with Crippen molar-refractivity contribution in [1.29, 1.82) is 0 Å². The van der Waals surface area contributed by atoms with Crippen molar-refractivity contribution in [3.8, 4) is 0 Å². The highest BCUT2D eigenvalue weighted by atomic mass is 35.5. The fourth-order valence-corrected chi connectivity index (χ4v) is 3.88. The van der Waals surface area contributed by atoms with Crippen LogP contribution in [0.4, 0.5) is 10.1 Å². The summed E-state index contributed by atoms with van der Waals surface area (Å²) in [5, 5.41) is 5.37. The lowest BCUT2D eigenvalue weighted by Gasteiger charge is -2.21. The maximum atomic E-state index is 13.5. The van der Waals surface area contributed by atoms with Crippen molar-refractivity contribution in [1.82, 2.24) is 9.88 Å². The molecule has 0 aliphatic heterocycles. The van der Waals surface area contributed by atoms with Gasteiger partial charge in [0.25, 0.3) is 0 Å². The van der Waals surface area contributed by atoms with Crippen molar-refractivity contribution in [2.75, 3.05) is 25.0 Å². The monoisotopic (exact) mass is 439 g/mol. The summed E-state index contributed by atoms with van der Waals surface area (Å²) >= 11 is 6.22. The molecule has 3 aromatic rings. The fraction of sp³-hybridized carbons (Fsp3) is 0.346. The molecule has 2 aromatic carbocycles. The van der Waals surface area contributed by atoms with Gasteiger partial charge in [-0.05, 0) is 87.4 Å². The molecule has 0 saturated heterocycles. The van der Waals surface area contributed by atoms with E-state index in [2.05, 4.69) is 31.0 Å². The molecule has 0 amide bonds. The van der Waals surface area contributed by atoms with Gasteiger partial charge in [-0.2, -0.15) is 0 Å². The predicted octanol–water partition coefficient (Wildman–Crippen LogP) is 7.12. The van der Waals surface area contributed by atoms with Gasteiger partial charge in [-0.15, -0.1) is 0 Å². The zero-order chi connectivity index (χ0) is 22.2. The average Bonchev–Trinajstić information content (AvgIpc) is 2.75. The molecule has 0 bridgehead atoms. The number of anilines is 1. The van der Waals surface area contributed by atoms with Crippen molar-refractivity contribution in [3.05, 3.63) is 70.6 Å². The van der Waals surface area contributed by atoms with E-state index in [1.165, 1.54) is 12.1 Å². The van der Waals surface area contributed by atoms with Crippen LogP contribution in [-0.2, 0) is 0 Å². The molecule has 31 heavy (non-hydrogen) atoms. The second kappa shape index (κ2) is 11.3. The second-order valence-electron chi connectivity index (χ2n) is 7.86. The minimum Gasteiger partial charge on any atom is -0.382 e.